The lowest BCUT2D eigenvalue weighted by atomic mass is 9.82. The second-order valence-electron chi connectivity index (χ2n) is 6.95. The largest absolute Gasteiger partial charge is 0.448 e. The molecule has 2 heterocycles. The normalized spacial score (nSPS) is 25.5. The first-order valence-corrected chi connectivity index (χ1v) is 9.09. The van der Waals surface area contributed by atoms with Crippen molar-refractivity contribution < 1.29 is 19.1 Å². The number of carbonyl (C=O) groups is 2. The predicted molar refractivity (Wildman–Crippen MR) is 98.2 cm³/mol. The van der Waals surface area contributed by atoms with Gasteiger partial charge in [-0.2, -0.15) is 0 Å². The molecule has 1 spiro atoms. The summed E-state index contributed by atoms with van der Waals surface area (Å²) in [5.41, 5.74) is 2.40. The van der Waals surface area contributed by atoms with Gasteiger partial charge < -0.3 is 9.47 Å². The zero-order valence-electron chi connectivity index (χ0n) is 14.5. The molecular weight excluding hydrogens is 352 g/mol. The molecule has 2 fully saturated rings. The van der Waals surface area contributed by atoms with E-state index in [1.54, 1.807) is 0 Å². The molecule has 0 radical (unpaired) electrons. The van der Waals surface area contributed by atoms with E-state index in [0.717, 1.165) is 23.1 Å². The van der Waals surface area contributed by atoms with Gasteiger partial charge in [0.15, 0.2) is 11.4 Å². The van der Waals surface area contributed by atoms with Crippen LogP contribution in [-0.2, 0) is 19.1 Å². The van der Waals surface area contributed by atoms with E-state index in [1.165, 1.54) is 0 Å². The molecule has 0 bridgehead atoms. The standard InChI is InChI=1S/C21H19ClO4/c1-13-3-4-15(14-5-7-16(22)8-6-14)11-17(13)18-19(23)21(26-20(18)24)9-2-10-25-12-21/h3-8,11,18H,2,9-10,12H2,1H3. The second kappa shape index (κ2) is 6.53. The van der Waals surface area contributed by atoms with Gasteiger partial charge in [0.25, 0.3) is 0 Å². The van der Waals surface area contributed by atoms with E-state index >= 15 is 0 Å². The second-order valence-corrected chi connectivity index (χ2v) is 7.38. The van der Waals surface area contributed by atoms with Gasteiger partial charge in [0.2, 0.25) is 0 Å². The summed E-state index contributed by atoms with van der Waals surface area (Å²) in [4.78, 5) is 25.7. The number of ether oxygens (including phenoxy) is 2. The third kappa shape index (κ3) is 2.83. The summed E-state index contributed by atoms with van der Waals surface area (Å²) in [6.45, 7) is 2.66. The van der Waals surface area contributed by atoms with Gasteiger partial charge in [-0.25, -0.2) is 0 Å². The fourth-order valence-corrected chi connectivity index (χ4v) is 3.88. The molecule has 0 amide bonds. The Labute approximate surface area is 157 Å². The van der Waals surface area contributed by atoms with Gasteiger partial charge in [0.05, 0.1) is 6.61 Å². The van der Waals surface area contributed by atoms with Crippen molar-refractivity contribution in [2.75, 3.05) is 13.2 Å². The molecule has 2 aliphatic rings. The molecule has 0 N–H and O–H groups in total. The highest BCUT2D eigenvalue weighted by Crippen LogP contribution is 2.41. The van der Waals surface area contributed by atoms with Gasteiger partial charge in [-0.05, 0) is 60.2 Å². The number of halogens is 1. The summed E-state index contributed by atoms with van der Waals surface area (Å²) in [7, 11) is 0. The van der Waals surface area contributed by atoms with Crippen LogP contribution in [0.3, 0.4) is 0 Å². The Morgan fingerprint density at radius 1 is 1.08 bits per heavy atom. The molecule has 26 heavy (non-hydrogen) atoms. The van der Waals surface area contributed by atoms with Crippen LogP contribution in [0.2, 0.25) is 5.02 Å². The van der Waals surface area contributed by atoms with Crippen LogP contribution >= 0.6 is 11.6 Å². The van der Waals surface area contributed by atoms with Crippen molar-refractivity contribution in [1.82, 2.24) is 0 Å². The van der Waals surface area contributed by atoms with E-state index in [4.69, 9.17) is 21.1 Å². The minimum Gasteiger partial charge on any atom is -0.448 e. The lowest BCUT2D eigenvalue weighted by Crippen LogP contribution is -2.45. The van der Waals surface area contributed by atoms with Gasteiger partial charge in [-0.1, -0.05) is 35.9 Å². The Morgan fingerprint density at radius 3 is 2.50 bits per heavy atom. The van der Waals surface area contributed by atoms with Crippen molar-refractivity contribution in [3.8, 4) is 11.1 Å². The number of hydrogen-bond donors (Lipinski definition) is 0. The van der Waals surface area contributed by atoms with Crippen LogP contribution in [0.5, 0.6) is 0 Å². The number of ketones is 1. The van der Waals surface area contributed by atoms with Crippen LogP contribution in [0.1, 0.15) is 29.9 Å². The fraction of sp³-hybridized carbons (Fsp3) is 0.333. The lowest BCUT2D eigenvalue weighted by molar-refractivity contribution is -0.164. The van der Waals surface area contributed by atoms with Gasteiger partial charge in [0.1, 0.15) is 5.92 Å². The van der Waals surface area contributed by atoms with Crippen LogP contribution in [0.15, 0.2) is 42.5 Å². The summed E-state index contributed by atoms with van der Waals surface area (Å²) < 4.78 is 11.0. The number of hydrogen-bond acceptors (Lipinski definition) is 4. The van der Waals surface area contributed by atoms with Gasteiger partial charge in [-0.15, -0.1) is 0 Å². The number of benzene rings is 2. The van der Waals surface area contributed by atoms with Crippen LogP contribution in [0, 0.1) is 6.92 Å². The molecule has 2 atom stereocenters. The SMILES string of the molecule is Cc1ccc(-c2ccc(Cl)cc2)cc1C1C(=O)OC2(CCCOC2)C1=O. The van der Waals surface area contributed by atoms with Crippen molar-refractivity contribution in [3.05, 3.63) is 58.6 Å². The number of carbonyl (C=O) groups excluding carboxylic acids is 2. The van der Waals surface area contributed by atoms with Crippen LogP contribution in [0.25, 0.3) is 11.1 Å². The van der Waals surface area contributed by atoms with E-state index in [-0.39, 0.29) is 12.4 Å². The monoisotopic (exact) mass is 370 g/mol. The average Bonchev–Trinajstić information content (AvgIpc) is 2.87. The molecule has 2 saturated heterocycles. The van der Waals surface area contributed by atoms with Crippen molar-refractivity contribution in [2.45, 2.75) is 31.3 Å². The molecule has 2 aromatic carbocycles. The Hall–Kier alpha value is -2.17. The Balaban J connectivity index is 1.73. The van der Waals surface area contributed by atoms with Crippen LogP contribution < -0.4 is 0 Å². The number of Topliss-reactive ketones (excluding diaryl/α,β-unsaturated/α-hetero) is 1. The highest BCUT2D eigenvalue weighted by Gasteiger charge is 2.56. The summed E-state index contributed by atoms with van der Waals surface area (Å²) in [6, 6.07) is 13.3. The van der Waals surface area contributed by atoms with Gasteiger partial charge in [0, 0.05) is 11.6 Å². The number of aryl methyl sites for hydroxylation is 1. The quantitative estimate of drug-likeness (QED) is 0.590. The first-order chi connectivity index (χ1) is 12.5. The minimum absolute atomic E-state index is 0.157. The molecule has 134 valence electrons. The first kappa shape index (κ1) is 17.3. The van der Waals surface area contributed by atoms with Crippen molar-refractivity contribution in [2.24, 2.45) is 0 Å². The first-order valence-electron chi connectivity index (χ1n) is 8.72. The average molecular weight is 371 g/mol. The maximum atomic E-state index is 13.1. The van der Waals surface area contributed by atoms with Gasteiger partial charge in [-0.3, -0.25) is 9.59 Å². The maximum Gasteiger partial charge on any atom is 0.322 e. The smallest absolute Gasteiger partial charge is 0.322 e. The fourth-order valence-electron chi connectivity index (χ4n) is 3.76. The molecule has 4 rings (SSSR count). The minimum atomic E-state index is -1.11. The van der Waals surface area contributed by atoms with E-state index in [0.29, 0.717) is 23.6 Å². The summed E-state index contributed by atoms with van der Waals surface area (Å²) >= 11 is 5.96. The molecular formula is C21H19ClO4. The van der Waals surface area contributed by atoms with E-state index in [1.807, 2.05) is 49.4 Å². The van der Waals surface area contributed by atoms with Crippen LogP contribution in [-0.4, -0.2) is 30.6 Å². The van der Waals surface area contributed by atoms with Crippen molar-refractivity contribution >= 4 is 23.4 Å². The van der Waals surface area contributed by atoms with Crippen molar-refractivity contribution in [1.29, 1.82) is 0 Å². The zero-order chi connectivity index (χ0) is 18.3. The summed E-state index contributed by atoms with van der Waals surface area (Å²) in [5, 5.41) is 0.662. The Bertz CT molecular complexity index is 866. The third-order valence-electron chi connectivity index (χ3n) is 5.22. The molecule has 0 aliphatic carbocycles. The summed E-state index contributed by atoms with van der Waals surface area (Å²) in [5.74, 6) is -1.54. The molecule has 5 heteroatoms. The van der Waals surface area contributed by atoms with Gasteiger partial charge >= 0.3 is 5.97 Å². The summed E-state index contributed by atoms with van der Waals surface area (Å²) in [6.07, 6.45) is 1.25. The predicted octanol–water partition coefficient (Wildman–Crippen LogP) is 4.07. The highest BCUT2D eigenvalue weighted by atomic mass is 35.5. The third-order valence-corrected chi connectivity index (χ3v) is 5.47. The Morgan fingerprint density at radius 2 is 1.81 bits per heavy atom. The van der Waals surface area contributed by atoms with E-state index in [9.17, 15) is 9.59 Å². The van der Waals surface area contributed by atoms with Crippen LogP contribution in [0.4, 0.5) is 0 Å². The number of rotatable bonds is 2. The molecule has 0 aromatic heterocycles. The number of esters is 1. The zero-order valence-corrected chi connectivity index (χ0v) is 15.2. The molecule has 0 saturated carbocycles. The van der Waals surface area contributed by atoms with E-state index in [2.05, 4.69) is 0 Å². The Kier molecular flexibility index (Phi) is 4.33. The molecule has 2 aromatic rings. The highest BCUT2D eigenvalue weighted by molar-refractivity contribution is 6.30. The maximum absolute atomic E-state index is 13.1. The van der Waals surface area contributed by atoms with E-state index < -0.39 is 17.5 Å². The topological polar surface area (TPSA) is 52.6 Å². The van der Waals surface area contributed by atoms with Crippen molar-refractivity contribution in [3.63, 3.8) is 0 Å². The molecule has 2 unspecified atom stereocenters. The molecule has 4 nitrogen and oxygen atoms in total. The lowest BCUT2D eigenvalue weighted by Gasteiger charge is -2.29. The molecule has 2 aliphatic heterocycles.